The molecule has 4 bridgehead atoms. The van der Waals surface area contributed by atoms with E-state index < -0.39 is 5.97 Å². The number of carboxylic acids is 1. The van der Waals surface area contributed by atoms with E-state index in [4.69, 9.17) is 5.11 Å². The number of carbonyl (C=O) groups excluding carboxylic acids is 2. The van der Waals surface area contributed by atoms with Crippen molar-refractivity contribution < 1.29 is 19.5 Å². The van der Waals surface area contributed by atoms with Gasteiger partial charge in [0.1, 0.15) is 0 Å². The van der Waals surface area contributed by atoms with E-state index in [9.17, 15) is 14.4 Å². The molecule has 0 radical (unpaired) electrons. The summed E-state index contributed by atoms with van der Waals surface area (Å²) in [6.45, 7) is 0. The van der Waals surface area contributed by atoms with Crippen LogP contribution in [-0.4, -0.2) is 33.8 Å². The van der Waals surface area contributed by atoms with Crippen LogP contribution in [0.2, 0.25) is 0 Å². The highest BCUT2D eigenvalue weighted by atomic mass is 16.4. The number of hydrogen-bond donors (Lipinski definition) is 1. The van der Waals surface area contributed by atoms with Gasteiger partial charge in [-0.25, -0.2) is 0 Å². The van der Waals surface area contributed by atoms with Crippen molar-refractivity contribution in [3.05, 3.63) is 0 Å². The van der Waals surface area contributed by atoms with Crippen LogP contribution in [0.1, 0.15) is 44.9 Å². The maximum absolute atomic E-state index is 12.4. The van der Waals surface area contributed by atoms with Crippen molar-refractivity contribution in [2.75, 3.05) is 0 Å². The molecular formula is C14H19NO4. The zero-order chi connectivity index (χ0) is 13.6. The SMILES string of the molecule is O=C(O)CCC(=O)N1C(=O)C2CC3CC(C2)CC1C3. The van der Waals surface area contributed by atoms with Crippen molar-refractivity contribution in [1.82, 2.24) is 4.90 Å². The van der Waals surface area contributed by atoms with Gasteiger partial charge in [-0.15, -0.1) is 0 Å². The molecule has 0 aromatic rings. The number of fused-ring (bicyclic) bond motifs is 1. The Kier molecular flexibility index (Phi) is 3.07. The highest BCUT2D eigenvalue weighted by molar-refractivity contribution is 5.98. The molecule has 5 nitrogen and oxygen atoms in total. The first kappa shape index (κ1) is 12.6. The van der Waals surface area contributed by atoms with Crippen LogP contribution in [0.4, 0.5) is 0 Å². The number of hydrogen-bond acceptors (Lipinski definition) is 3. The molecule has 2 amide bonds. The molecule has 5 heteroatoms. The Bertz CT molecular complexity index is 419. The third-order valence-electron chi connectivity index (χ3n) is 4.89. The Balaban J connectivity index is 1.78. The average molecular weight is 265 g/mol. The van der Waals surface area contributed by atoms with Crippen LogP contribution >= 0.6 is 0 Å². The van der Waals surface area contributed by atoms with Gasteiger partial charge in [0.25, 0.3) is 0 Å². The molecule has 104 valence electrons. The third kappa shape index (κ3) is 2.26. The number of amides is 2. The second-order valence-electron chi connectivity index (χ2n) is 6.26. The van der Waals surface area contributed by atoms with Crippen LogP contribution < -0.4 is 0 Å². The van der Waals surface area contributed by atoms with Crippen LogP contribution in [0, 0.1) is 17.8 Å². The number of rotatable bonds is 3. The Morgan fingerprint density at radius 1 is 1.05 bits per heavy atom. The second kappa shape index (κ2) is 4.62. The maximum atomic E-state index is 12.4. The summed E-state index contributed by atoms with van der Waals surface area (Å²) in [6.07, 6.45) is 4.67. The zero-order valence-corrected chi connectivity index (χ0v) is 10.9. The molecule has 2 aliphatic heterocycles. The molecule has 4 fully saturated rings. The summed E-state index contributed by atoms with van der Waals surface area (Å²) in [6, 6.07) is 0.0324. The predicted molar refractivity (Wildman–Crippen MR) is 66.1 cm³/mol. The van der Waals surface area contributed by atoms with Crippen molar-refractivity contribution in [2.24, 2.45) is 17.8 Å². The van der Waals surface area contributed by atoms with E-state index in [1.165, 1.54) is 11.3 Å². The van der Waals surface area contributed by atoms with Crippen LogP contribution in [-0.2, 0) is 14.4 Å². The molecule has 19 heavy (non-hydrogen) atoms. The number of aliphatic carboxylic acids is 1. The van der Waals surface area contributed by atoms with Crippen molar-refractivity contribution >= 4 is 17.8 Å². The van der Waals surface area contributed by atoms with E-state index in [1.807, 2.05) is 0 Å². The van der Waals surface area contributed by atoms with Gasteiger partial charge >= 0.3 is 5.97 Å². The number of nitrogens with zero attached hydrogens (tertiary/aromatic N) is 1. The molecule has 1 N–H and O–H groups in total. The van der Waals surface area contributed by atoms with Crippen LogP contribution in [0.5, 0.6) is 0 Å². The lowest BCUT2D eigenvalue weighted by Crippen LogP contribution is -2.45. The number of carboxylic acid groups (broad SMARTS) is 1. The van der Waals surface area contributed by atoms with E-state index in [1.54, 1.807) is 0 Å². The topological polar surface area (TPSA) is 74.7 Å². The van der Waals surface area contributed by atoms with E-state index in [0.29, 0.717) is 11.8 Å². The van der Waals surface area contributed by atoms with Crippen LogP contribution in [0.15, 0.2) is 0 Å². The molecule has 2 aliphatic carbocycles. The lowest BCUT2D eigenvalue weighted by atomic mass is 9.68. The average Bonchev–Trinajstić information content (AvgIpc) is 2.48. The smallest absolute Gasteiger partial charge is 0.303 e. The zero-order valence-electron chi connectivity index (χ0n) is 10.9. The molecule has 0 aromatic heterocycles. The monoisotopic (exact) mass is 265 g/mol. The quantitative estimate of drug-likeness (QED) is 0.837. The van der Waals surface area contributed by atoms with Gasteiger partial charge in [0.05, 0.1) is 6.42 Å². The first-order valence-corrected chi connectivity index (χ1v) is 7.12. The molecule has 0 spiro atoms. The summed E-state index contributed by atoms with van der Waals surface area (Å²) in [7, 11) is 0. The van der Waals surface area contributed by atoms with Gasteiger partial charge in [0.2, 0.25) is 11.8 Å². The Labute approximate surface area is 112 Å². The lowest BCUT2D eigenvalue weighted by Gasteiger charge is -2.38. The fourth-order valence-corrected chi connectivity index (χ4v) is 4.27. The molecule has 4 rings (SSSR count). The van der Waals surface area contributed by atoms with Gasteiger partial charge in [-0.2, -0.15) is 0 Å². The van der Waals surface area contributed by atoms with Gasteiger partial charge in [-0.1, -0.05) is 0 Å². The fraction of sp³-hybridized carbons (Fsp3) is 0.786. The standard InChI is InChI=1S/C14H19NO4/c16-12(1-2-13(17)18)15-11-6-8-3-9(7-11)5-10(4-8)14(15)19/h8-11H,1-7H2,(H,17,18). The second-order valence-corrected chi connectivity index (χ2v) is 6.26. The summed E-state index contributed by atoms with van der Waals surface area (Å²) >= 11 is 0. The maximum Gasteiger partial charge on any atom is 0.303 e. The van der Waals surface area contributed by atoms with Gasteiger partial charge in [-0.3, -0.25) is 19.3 Å². The fourth-order valence-electron chi connectivity index (χ4n) is 4.27. The molecule has 2 saturated heterocycles. The molecule has 2 unspecified atom stereocenters. The summed E-state index contributed by atoms with van der Waals surface area (Å²) in [5.74, 6) is -0.130. The van der Waals surface area contributed by atoms with Gasteiger partial charge in [0, 0.05) is 18.4 Å². The molecule has 2 saturated carbocycles. The molecule has 2 heterocycles. The molecule has 0 aromatic carbocycles. The van der Waals surface area contributed by atoms with E-state index >= 15 is 0 Å². The highest BCUT2D eigenvalue weighted by Crippen LogP contribution is 2.48. The van der Waals surface area contributed by atoms with Gasteiger partial charge < -0.3 is 5.11 Å². The van der Waals surface area contributed by atoms with Crippen LogP contribution in [0.3, 0.4) is 0 Å². The van der Waals surface area contributed by atoms with E-state index in [2.05, 4.69) is 0 Å². The summed E-state index contributed by atoms with van der Waals surface area (Å²) in [4.78, 5) is 36.6. The first-order valence-electron chi connectivity index (χ1n) is 7.12. The van der Waals surface area contributed by atoms with Gasteiger partial charge in [0.15, 0.2) is 0 Å². The van der Waals surface area contributed by atoms with Crippen molar-refractivity contribution in [3.63, 3.8) is 0 Å². The Hall–Kier alpha value is -1.39. The van der Waals surface area contributed by atoms with Crippen molar-refractivity contribution in [1.29, 1.82) is 0 Å². The minimum atomic E-state index is -0.985. The van der Waals surface area contributed by atoms with E-state index in [0.717, 1.165) is 25.7 Å². The van der Waals surface area contributed by atoms with Crippen molar-refractivity contribution in [3.8, 4) is 0 Å². The van der Waals surface area contributed by atoms with Crippen LogP contribution in [0.25, 0.3) is 0 Å². The minimum absolute atomic E-state index is 0.00466. The summed E-state index contributed by atoms with van der Waals surface area (Å²) in [5.41, 5.74) is 0. The van der Waals surface area contributed by atoms with Crippen molar-refractivity contribution in [2.45, 2.75) is 51.0 Å². The number of imide groups is 1. The lowest BCUT2D eigenvalue weighted by molar-refractivity contribution is -0.151. The first-order chi connectivity index (χ1) is 9.04. The third-order valence-corrected chi connectivity index (χ3v) is 4.89. The molecule has 4 aliphatic rings. The Morgan fingerprint density at radius 3 is 2.26 bits per heavy atom. The number of carbonyl (C=O) groups is 3. The predicted octanol–water partition coefficient (Wildman–Crippen LogP) is 1.41. The minimum Gasteiger partial charge on any atom is -0.481 e. The largest absolute Gasteiger partial charge is 0.481 e. The summed E-state index contributed by atoms with van der Waals surface area (Å²) < 4.78 is 0. The molecular weight excluding hydrogens is 246 g/mol. The summed E-state index contributed by atoms with van der Waals surface area (Å²) in [5, 5.41) is 8.66. The Morgan fingerprint density at radius 2 is 1.68 bits per heavy atom. The van der Waals surface area contributed by atoms with Gasteiger partial charge in [-0.05, 0) is 43.9 Å². The highest BCUT2D eigenvalue weighted by Gasteiger charge is 2.48. The normalized spacial score (nSPS) is 36.4. The van der Waals surface area contributed by atoms with E-state index in [-0.39, 0.29) is 36.6 Å². The molecule has 2 atom stereocenters.